The molecule has 0 aliphatic rings. The number of rotatable bonds is 7. The highest BCUT2D eigenvalue weighted by atomic mass is 32.2. The molecule has 1 N–H and O–H groups in total. The first-order chi connectivity index (χ1) is 14.2. The zero-order chi connectivity index (χ0) is 21.7. The lowest BCUT2D eigenvalue weighted by Crippen LogP contribution is -2.23. The van der Waals surface area contributed by atoms with Crippen LogP contribution in [0.4, 0.5) is 5.69 Å². The summed E-state index contributed by atoms with van der Waals surface area (Å²) in [6.45, 7) is 7.88. The van der Waals surface area contributed by atoms with Crippen molar-refractivity contribution in [2.75, 3.05) is 5.32 Å². The molecular weight excluding hydrogens is 398 g/mol. The van der Waals surface area contributed by atoms with Gasteiger partial charge in [0.25, 0.3) is 0 Å². The highest BCUT2D eigenvalue weighted by Gasteiger charge is 2.19. The Kier molecular flexibility index (Phi) is 6.82. The topological polar surface area (TPSA) is 85.1 Å². The van der Waals surface area contributed by atoms with Gasteiger partial charge in [-0.1, -0.05) is 29.8 Å². The van der Waals surface area contributed by atoms with Gasteiger partial charge in [-0.2, -0.15) is 0 Å². The molecule has 0 radical (unpaired) electrons. The number of aromatic nitrogens is 2. The third kappa shape index (κ3) is 6.10. The van der Waals surface area contributed by atoms with Gasteiger partial charge in [0.1, 0.15) is 0 Å². The molecule has 0 saturated heterocycles. The van der Waals surface area contributed by atoms with Crippen LogP contribution in [0.5, 0.6) is 0 Å². The van der Waals surface area contributed by atoms with Crippen LogP contribution in [-0.4, -0.2) is 25.1 Å². The number of aryl methyl sites for hydroxylation is 2. The minimum Gasteiger partial charge on any atom is -0.421 e. The minimum absolute atomic E-state index is 0.140. The van der Waals surface area contributed by atoms with Crippen LogP contribution in [0.1, 0.15) is 44.2 Å². The van der Waals surface area contributed by atoms with Gasteiger partial charge in [-0.15, -0.1) is 10.2 Å². The molecule has 6 nitrogen and oxygen atoms in total. The number of hydrogen-bond acceptors (Lipinski definition) is 5. The molecule has 7 heteroatoms. The Morgan fingerprint density at radius 1 is 1.10 bits per heavy atom. The van der Waals surface area contributed by atoms with Gasteiger partial charge in [-0.3, -0.25) is 9.00 Å². The predicted molar refractivity (Wildman–Crippen MR) is 119 cm³/mol. The average molecular weight is 426 g/mol. The van der Waals surface area contributed by atoms with E-state index in [1.54, 1.807) is 0 Å². The lowest BCUT2D eigenvalue weighted by molar-refractivity contribution is -0.116. The Morgan fingerprint density at radius 2 is 1.83 bits per heavy atom. The first-order valence-corrected chi connectivity index (χ1v) is 11.2. The van der Waals surface area contributed by atoms with E-state index in [4.69, 9.17) is 4.42 Å². The molecular formula is C23H27N3O3S. The van der Waals surface area contributed by atoms with E-state index in [0.29, 0.717) is 29.6 Å². The SMILES string of the molecule is Cc1ccc(-c2nnc(CCC(=O)Nc3cccc(CS(=O)C(C)(C)C)c3)o2)cc1. The van der Waals surface area contributed by atoms with Crippen molar-refractivity contribution in [3.05, 3.63) is 65.5 Å². The highest BCUT2D eigenvalue weighted by Crippen LogP contribution is 2.20. The molecule has 30 heavy (non-hydrogen) atoms. The third-order valence-corrected chi connectivity index (χ3v) is 6.48. The van der Waals surface area contributed by atoms with Crippen LogP contribution in [0.3, 0.4) is 0 Å². The van der Waals surface area contributed by atoms with Gasteiger partial charge in [0, 0.05) is 45.4 Å². The Labute approximate surface area is 179 Å². The molecule has 2 aromatic carbocycles. The monoisotopic (exact) mass is 425 g/mol. The molecule has 1 aromatic heterocycles. The maximum absolute atomic E-state index is 12.3. The molecule has 3 aromatic rings. The molecule has 0 bridgehead atoms. The first kappa shape index (κ1) is 21.9. The highest BCUT2D eigenvalue weighted by molar-refractivity contribution is 7.85. The summed E-state index contributed by atoms with van der Waals surface area (Å²) in [5.74, 6) is 1.19. The van der Waals surface area contributed by atoms with E-state index in [9.17, 15) is 9.00 Å². The maximum atomic E-state index is 12.3. The summed E-state index contributed by atoms with van der Waals surface area (Å²) in [4.78, 5) is 12.3. The first-order valence-electron chi connectivity index (χ1n) is 9.87. The summed E-state index contributed by atoms with van der Waals surface area (Å²) < 4.78 is 17.7. The molecule has 1 heterocycles. The van der Waals surface area contributed by atoms with Gasteiger partial charge in [0.2, 0.25) is 17.7 Å². The number of nitrogens with zero attached hydrogens (tertiary/aromatic N) is 2. The van der Waals surface area contributed by atoms with Crippen LogP contribution in [0, 0.1) is 6.92 Å². The van der Waals surface area contributed by atoms with Crippen molar-refractivity contribution in [1.29, 1.82) is 0 Å². The lowest BCUT2D eigenvalue weighted by Gasteiger charge is -2.18. The molecule has 1 amide bonds. The zero-order valence-electron chi connectivity index (χ0n) is 17.8. The second kappa shape index (κ2) is 9.34. The second-order valence-corrected chi connectivity index (χ2v) is 10.4. The van der Waals surface area contributed by atoms with E-state index < -0.39 is 10.8 Å². The Hall–Kier alpha value is -2.80. The number of hydrogen-bond donors (Lipinski definition) is 1. The Balaban J connectivity index is 1.54. The summed E-state index contributed by atoms with van der Waals surface area (Å²) in [7, 11) is -0.993. The predicted octanol–water partition coefficient (Wildman–Crippen LogP) is 4.66. The molecule has 0 fully saturated rings. The summed E-state index contributed by atoms with van der Waals surface area (Å²) in [6.07, 6.45) is 0.589. The van der Waals surface area contributed by atoms with E-state index in [1.165, 1.54) is 0 Å². The number of amides is 1. The fourth-order valence-electron chi connectivity index (χ4n) is 2.72. The minimum atomic E-state index is -0.993. The molecule has 3 rings (SSSR count). The van der Waals surface area contributed by atoms with Crippen LogP contribution >= 0.6 is 0 Å². The van der Waals surface area contributed by atoms with Crippen LogP contribution in [0.15, 0.2) is 52.9 Å². The average Bonchev–Trinajstić information content (AvgIpc) is 3.15. The molecule has 1 atom stereocenters. The van der Waals surface area contributed by atoms with Crippen LogP contribution < -0.4 is 5.32 Å². The van der Waals surface area contributed by atoms with Crippen molar-refractivity contribution >= 4 is 22.4 Å². The quantitative estimate of drug-likeness (QED) is 0.595. The third-order valence-electron chi connectivity index (χ3n) is 4.52. The van der Waals surface area contributed by atoms with Gasteiger partial charge in [0.15, 0.2) is 0 Å². The smallest absolute Gasteiger partial charge is 0.247 e. The van der Waals surface area contributed by atoms with Gasteiger partial charge in [-0.25, -0.2) is 0 Å². The fraction of sp³-hybridized carbons (Fsp3) is 0.348. The molecule has 0 aliphatic carbocycles. The number of carbonyl (C=O) groups excluding carboxylic acids is 1. The van der Waals surface area contributed by atoms with Gasteiger partial charge in [-0.05, 0) is 57.5 Å². The van der Waals surface area contributed by atoms with E-state index in [0.717, 1.165) is 16.7 Å². The van der Waals surface area contributed by atoms with Crippen molar-refractivity contribution < 1.29 is 13.4 Å². The van der Waals surface area contributed by atoms with Crippen molar-refractivity contribution in [1.82, 2.24) is 10.2 Å². The maximum Gasteiger partial charge on any atom is 0.247 e. The molecule has 158 valence electrons. The van der Waals surface area contributed by atoms with Crippen molar-refractivity contribution in [2.45, 2.75) is 51.0 Å². The zero-order valence-corrected chi connectivity index (χ0v) is 18.6. The molecule has 1 unspecified atom stereocenters. The Morgan fingerprint density at radius 3 is 2.53 bits per heavy atom. The van der Waals surface area contributed by atoms with E-state index in [1.807, 2.05) is 76.2 Å². The normalized spacial score (nSPS) is 12.5. The number of carbonyl (C=O) groups is 1. The number of anilines is 1. The fourth-order valence-corrected chi connectivity index (χ4v) is 3.63. The Bertz CT molecular complexity index is 1040. The summed E-state index contributed by atoms with van der Waals surface area (Å²) in [6, 6.07) is 15.3. The molecule has 0 spiro atoms. The van der Waals surface area contributed by atoms with E-state index >= 15 is 0 Å². The second-order valence-electron chi connectivity index (χ2n) is 8.22. The number of nitrogens with one attached hydrogen (secondary N) is 1. The van der Waals surface area contributed by atoms with Crippen LogP contribution in [0.25, 0.3) is 11.5 Å². The number of benzene rings is 2. The van der Waals surface area contributed by atoms with Gasteiger partial charge in [0.05, 0.1) is 0 Å². The van der Waals surface area contributed by atoms with Crippen molar-refractivity contribution in [3.8, 4) is 11.5 Å². The van der Waals surface area contributed by atoms with Crippen LogP contribution in [-0.2, 0) is 27.8 Å². The van der Waals surface area contributed by atoms with Gasteiger partial charge < -0.3 is 9.73 Å². The summed E-state index contributed by atoms with van der Waals surface area (Å²) >= 11 is 0. The summed E-state index contributed by atoms with van der Waals surface area (Å²) in [5, 5.41) is 11.0. The van der Waals surface area contributed by atoms with Crippen molar-refractivity contribution in [3.63, 3.8) is 0 Å². The molecule has 0 saturated carbocycles. The molecule has 0 aliphatic heterocycles. The lowest BCUT2D eigenvalue weighted by atomic mass is 10.1. The van der Waals surface area contributed by atoms with Crippen molar-refractivity contribution in [2.24, 2.45) is 0 Å². The van der Waals surface area contributed by atoms with Crippen LogP contribution in [0.2, 0.25) is 0 Å². The van der Waals surface area contributed by atoms with E-state index in [-0.39, 0.29) is 17.1 Å². The summed E-state index contributed by atoms with van der Waals surface area (Å²) in [5.41, 5.74) is 3.63. The standard InChI is InChI=1S/C23H27N3O3S/c1-16-8-10-18(11-9-16)22-26-25-21(29-22)13-12-20(27)24-19-7-5-6-17(14-19)15-30(28)23(2,3)4/h5-11,14H,12-13,15H2,1-4H3,(H,24,27). The van der Waals surface area contributed by atoms with E-state index in [2.05, 4.69) is 15.5 Å². The van der Waals surface area contributed by atoms with Gasteiger partial charge >= 0.3 is 0 Å². The largest absolute Gasteiger partial charge is 0.421 e.